The summed E-state index contributed by atoms with van der Waals surface area (Å²) in [6, 6.07) is 0.560. The number of hydrogen-bond acceptors (Lipinski definition) is 2. The summed E-state index contributed by atoms with van der Waals surface area (Å²) >= 11 is 0. The Bertz CT molecular complexity index is 196. The van der Waals surface area contributed by atoms with E-state index in [-0.39, 0.29) is 6.61 Å². The lowest BCUT2D eigenvalue weighted by atomic mass is 10.0. The van der Waals surface area contributed by atoms with Crippen LogP contribution in [-0.4, -0.2) is 24.3 Å². The van der Waals surface area contributed by atoms with Crippen molar-refractivity contribution >= 4 is 0 Å². The van der Waals surface area contributed by atoms with Crippen LogP contribution in [0.5, 0.6) is 0 Å². The summed E-state index contributed by atoms with van der Waals surface area (Å²) in [5.74, 6) is 0. The molecule has 1 unspecified atom stereocenters. The average molecular weight is 314 g/mol. The van der Waals surface area contributed by atoms with Crippen molar-refractivity contribution in [3.8, 4) is 0 Å². The van der Waals surface area contributed by atoms with Gasteiger partial charge in [0.05, 0.1) is 6.61 Å². The Kier molecular flexibility index (Phi) is 18.9. The number of aliphatic hydroxyl groups is 1. The van der Waals surface area contributed by atoms with Gasteiger partial charge in [-0.2, -0.15) is 0 Å². The molecule has 2 N–H and O–H groups in total. The van der Waals surface area contributed by atoms with E-state index in [0.717, 1.165) is 6.54 Å². The minimum atomic E-state index is 0.253. The molecule has 0 aromatic rings. The van der Waals surface area contributed by atoms with E-state index in [1.807, 2.05) is 0 Å². The second-order valence-corrected chi connectivity index (χ2v) is 6.96. The third-order valence-corrected chi connectivity index (χ3v) is 4.60. The second-order valence-electron chi connectivity index (χ2n) is 6.96. The van der Waals surface area contributed by atoms with Crippen LogP contribution in [0.3, 0.4) is 0 Å². The molecular formula is C20H43NO. The molecule has 2 heteroatoms. The minimum Gasteiger partial charge on any atom is -0.395 e. The van der Waals surface area contributed by atoms with Gasteiger partial charge in [-0.25, -0.2) is 0 Å². The molecule has 0 aliphatic rings. The molecule has 0 spiro atoms. The molecule has 1 atom stereocenters. The van der Waals surface area contributed by atoms with Crippen molar-refractivity contribution in [2.45, 2.75) is 116 Å². The molecule has 0 saturated heterocycles. The van der Waals surface area contributed by atoms with Gasteiger partial charge in [0.2, 0.25) is 0 Å². The summed E-state index contributed by atoms with van der Waals surface area (Å²) in [5, 5.41) is 12.1. The van der Waals surface area contributed by atoms with Crippen molar-refractivity contribution < 1.29 is 5.11 Å². The smallest absolute Gasteiger partial charge is 0.0556 e. The van der Waals surface area contributed by atoms with Gasteiger partial charge >= 0.3 is 0 Å². The van der Waals surface area contributed by atoms with Crippen LogP contribution in [0.15, 0.2) is 0 Å². The second kappa shape index (κ2) is 19.0. The number of hydrogen-bond donors (Lipinski definition) is 2. The molecule has 0 heterocycles. The fourth-order valence-electron chi connectivity index (χ4n) is 3.06. The van der Waals surface area contributed by atoms with Crippen LogP contribution >= 0.6 is 0 Å². The third-order valence-electron chi connectivity index (χ3n) is 4.60. The molecule has 0 rings (SSSR count). The highest BCUT2D eigenvalue weighted by Crippen LogP contribution is 2.13. The van der Waals surface area contributed by atoms with E-state index in [4.69, 9.17) is 5.11 Å². The summed E-state index contributed by atoms with van der Waals surface area (Å²) in [6.07, 6.45) is 21.2. The molecule has 134 valence electrons. The van der Waals surface area contributed by atoms with Crippen LogP contribution in [-0.2, 0) is 0 Å². The Hall–Kier alpha value is -0.0800. The van der Waals surface area contributed by atoms with Gasteiger partial charge in [0.25, 0.3) is 0 Å². The molecule has 22 heavy (non-hydrogen) atoms. The van der Waals surface area contributed by atoms with Crippen molar-refractivity contribution in [3.63, 3.8) is 0 Å². The van der Waals surface area contributed by atoms with Crippen molar-refractivity contribution in [1.29, 1.82) is 0 Å². The van der Waals surface area contributed by atoms with Crippen molar-refractivity contribution in [2.24, 2.45) is 0 Å². The Balaban J connectivity index is 3.02. The zero-order valence-electron chi connectivity index (χ0n) is 15.5. The van der Waals surface area contributed by atoms with E-state index < -0.39 is 0 Å². The molecule has 0 aliphatic heterocycles. The van der Waals surface area contributed by atoms with Gasteiger partial charge in [-0.15, -0.1) is 0 Å². The maximum absolute atomic E-state index is 8.75. The molecule has 0 aliphatic carbocycles. The van der Waals surface area contributed by atoms with Gasteiger partial charge < -0.3 is 10.4 Å². The summed E-state index contributed by atoms with van der Waals surface area (Å²) in [7, 11) is 0. The monoisotopic (exact) mass is 313 g/mol. The molecule has 0 fully saturated rings. The van der Waals surface area contributed by atoms with Crippen LogP contribution in [0.25, 0.3) is 0 Å². The number of aliphatic hydroxyl groups excluding tert-OH is 1. The summed E-state index contributed by atoms with van der Waals surface area (Å²) < 4.78 is 0. The normalized spacial score (nSPS) is 12.7. The standard InChI is InChI=1S/C20H43NO/c1-3-4-5-6-7-8-9-10-11-12-13-14-15-16-17-20(2)21-18-19-22/h20-22H,3-19H2,1-2H3. The number of unbranched alkanes of at least 4 members (excludes halogenated alkanes) is 13. The van der Waals surface area contributed by atoms with Crippen LogP contribution < -0.4 is 5.32 Å². The highest BCUT2D eigenvalue weighted by Gasteiger charge is 2.00. The van der Waals surface area contributed by atoms with Crippen molar-refractivity contribution in [2.75, 3.05) is 13.2 Å². The topological polar surface area (TPSA) is 32.3 Å². The van der Waals surface area contributed by atoms with Gasteiger partial charge in [0, 0.05) is 12.6 Å². The molecule has 0 amide bonds. The molecule has 0 radical (unpaired) electrons. The lowest BCUT2D eigenvalue weighted by Gasteiger charge is -2.12. The first kappa shape index (κ1) is 21.9. The number of nitrogens with one attached hydrogen (secondary N) is 1. The first-order valence-corrected chi connectivity index (χ1v) is 10.2. The molecule has 2 nitrogen and oxygen atoms in total. The van der Waals surface area contributed by atoms with Gasteiger partial charge in [0.1, 0.15) is 0 Å². The van der Waals surface area contributed by atoms with Crippen molar-refractivity contribution in [1.82, 2.24) is 5.32 Å². The van der Waals surface area contributed by atoms with E-state index in [2.05, 4.69) is 19.2 Å². The van der Waals surface area contributed by atoms with Crippen LogP contribution in [0.4, 0.5) is 0 Å². The highest BCUT2D eigenvalue weighted by atomic mass is 16.3. The fourth-order valence-corrected chi connectivity index (χ4v) is 3.06. The Labute approximate surface area is 140 Å². The number of rotatable bonds is 18. The lowest BCUT2D eigenvalue weighted by Crippen LogP contribution is -2.28. The minimum absolute atomic E-state index is 0.253. The average Bonchev–Trinajstić information content (AvgIpc) is 2.53. The van der Waals surface area contributed by atoms with E-state index in [9.17, 15) is 0 Å². The van der Waals surface area contributed by atoms with Crippen LogP contribution in [0.1, 0.15) is 110 Å². The fraction of sp³-hybridized carbons (Fsp3) is 1.00. The molecule has 0 aromatic heterocycles. The van der Waals surface area contributed by atoms with Gasteiger partial charge in [-0.3, -0.25) is 0 Å². The zero-order chi connectivity index (χ0) is 16.3. The first-order chi connectivity index (χ1) is 10.8. The van der Waals surface area contributed by atoms with E-state index in [1.165, 1.54) is 96.3 Å². The molecular weight excluding hydrogens is 270 g/mol. The quantitative estimate of drug-likeness (QED) is 0.312. The van der Waals surface area contributed by atoms with Gasteiger partial charge in [-0.1, -0.05) is 96.8 Å². The van der Waals surface area contributed by atoms with Crippen molar-refractivity contribution in [3.05, 3.63) is 0 Å². The van der Waals surface area contributed by atoms with Gasteiger partial charge in [0.15, 0.2) is 0 Å². The zero-order valence-corrected chi connectivity index (χ0v) is 15.5. The molecule has 0 saturated carbocycles. The summed E-state index contributed by atoms with van der Waals surface area (Å²) in [5.41, 5.74) is 0. The Morgan fingerprint density at radius 3 is 1.50 bits per heavy atom. The largest absolute Gasteiger partial charge is 0.395 e. The van der Waals surface area contributed by atoms with E-state index in [1.54, 1.807) is 0 Å². The summed E-state index contributed by atoms with van der Waals surface area (Å²) in [6.45, 7) is 5.50. The van der Waals surface area contributed by atoms with Gasteiger partial charge in [-0.05, 0) is 13.3 Å². The Morgan fingerprint density at radius 2 is 1.09 bits per heavy atom. The predicted octanol–water partition coefficient (Wildman–Crippen LogP) is 5.83. The molecule has 0 aromatic carbocycles. The third kappa shape index (κ3) is 18.0. The van der Waals surface area contributed by atoms with Crippen LogP contribution in [0.2, 0.25) is 0 Å². The lowest BCUT2D eigenvalue weighted by molar-refractivity contribution is 0.283. The SMILES string of the molecule is CCCCCCCCCCCCCCCCC(C)NCCO. The maximum Gasteiger partial charge on any atom is 0.0556 e. The predicted molar refractivity (Wildman–Crippen MR) is 99.5 cm³/mol. The van der Waals surface area contributed by atoms with E-state index >= 15 is 0 Å². The van der Waals surface area contributed by atoms with Crippen LogP contribution in [0, 0.1) is 0 Å². The van der Waals surface area contributed by atoms with E-state index in [0.29, 0.717) is 6.04 Å². The first-order valence-electron chi connectivity index (χ1n) is 10.2. The highest BCUT2D eigenvalue weighted by molar-refractivity contribution is 4.60. The Morgan fingerprint density at radius 1 is 0.682 bits per heavy atom. The maximum atomic E-state index is 8.75. The summed E-state index contributed by atoms with van der Waals surface area (Å²) in [4.78, 5) is 0. The molecule has 0 bridgehead atoms.